The molecule has 5 heteroatoms. The van der Waals surface area contributed by atoms with Crippen molar-refractivity contribution in [3.8, 4) is 11.5 Å². The van der Waals surface area contributed by atoms with Gasteiger partial charge in [0.2, 0.25) is 0 Å². The molecule has 4 nitrogen and oxygen atoms in total. The van der Waals surface area contributed by atoms with Crippen molar-refractivity contribution in [3.05, 3.63) is 22.7 Å². The summed E-state index contributed by atoms with van der Waals surface area (Å²) < 4.78 is 10.6. The van der Waals surface area contributed by atoms with E-state index >= 15 is 0 Å². The van der Waals surface area contributed by atoms with Gasteiger partial charge < -0.3 is 19.7 Å². The third kappa shape index (κ3) is 5.38. The highest BCUT2D eigenvalue weighted by Crippen LogP contribution is 2.35. The van der Waals surface area contributed by atoms with Gasteiger partial charge >= 0.3 is 0 Å². The second-order valence-corrected chi connectivity index (χ2v) is 6.21. The molecule has 0 saturated carbocycles. The zero-order chi connectivity index (χ0) is 16.0. The van der Waals surface area contributed by atoms with Crippen LogP contribution in [0.3, 0.4) is 0 Å². The first kappa shape index (κ1) is 18.1. The summed E-state index contributed by atoms with van der Waals surface area (Å²) in [6.45, 7) is 6.20. The Morgan fingerprint density at radius 2 is 1.86 bits per heavy atom. The lowest BCUT2D eigenvalue weighted by molar-refractivity contribution is 0.288. The molecule has 1 rings (SSSR count). The molecule has 1 aromatic rings. The Hall–Kier alpha value is -0.970. The standard InChI is InChI=1S/C16H27ClN2O2/c1-11(2)14(10-19(3)4)18-9-12-7-13(17)16(21-6)15(8-12)20-5/h7-8,11,14,18H,9-10H2,1-6H3. The van der Waals surface area contributed by atoms with Crippen LogP contribution in [0.15, 0.2) is 12.1 Å². The van der Waals surface area contributed by atoms with Crippen LogP contribution >= 0.6 is 11.6 Å². The average molecular weight is 315 g/mol. The molecule has 1 unspecified atom stereocenters. The summed E-state index contributed by atoms with van der Waals surface area (Å²) in [5.74, 6) is 1.80. The lowest BCUT2D eigenvalue weighted by Crippen LogP contribution is -2.41. The number of hydrogen-bond donors (Lipinski definition) is 1. The fraction of sp³-hybridized carbons (Fsp3) is 0.625. The summed E-state index contributed by atoms with van der Waals surface area (Å²) in [7, 11) is 7.39. The van der Waals surface area contributed by atoms with E-state index in [4.69, 9.17) is 21.1 Å². The minimum atomic E-state index is 0.423. The first-order valence-corrected chi connectivity index (χ1v) is 7.55. The van der Waals surface area contributed by atoms with E-state index in [0.717, 1.165) is 18.7 Å². The number of methoxy groups -OCH3 is 2. The molecular formula is C16H27ClN2O2. The van der Waals surface area contributed by atoms with Crippen molar-refractivity contribution >= 4 is 11.6 Å². The summed E-state index contributed by atoms with van der Waals surface area (Å²) >= 11 is 6.23. The van der Waals surface area contributed by atoms with Crippen LogP contribution in [0, 0.1) is 5.92 Å². The summed E-state index contributed by atoms with van der Waals surface area (Å²) in [5.41, 5.74) is 1.09. The van der Waals surface area contributed by atoms with Crippen LogP contribution < -0.4 is 14.8 Å². The van der Waals surface area contributed by atoms with Gasteiger partial charge in [-0.3, -0.25) is 0 Å². The molecule has 0 radical (unpaired) electrons. The van der Waals surface area contributed by atoms with E-state index in [0.29, 0.717) is 28.5 Å². The second-order valence-electron chi connectivity index (χ2n) is 5.81. The Morgan fingerprint density at radius 1 is 1.19 bits per heavy atom. The maximum absolute atomic E-state index is 6.23. The number of likely N-dealkylation sites (N-methyl/N-ethyl adjacent to an activating group) is 1. The SMILES string of the molecule is COc1cc(CNC(CN(C)C)C(C)C)cc(Cl)c1OC. The van der Waals surface area contributed by atoms with Crippen molar-refractivity contribution in [2.45, 2.75) is 26.4 Å². The van der Waals surface area contributed by atoms with Crippen LogP contribution in [0.4, 0.5) is 0 Å². The van der Waals surface area contributed by atoms with E-state index in [1.54, 1.807) is 14.2 Å². The topological polar surface area (TPSA) is 33.7 Å². The number of benzene rings is 1. The second kappa shape index (κ2) is 8.47. The number of ether oxygens (including phenoxy) is 2. The summed E-state index contributed by atoms with van der Waals surface area (Å²) in [6.07, 6.45) is 0. The molecule has 0 amide bonds. The molecule has 120 valence electrons. The predicted molar refractivity (Wildman–Crippen MR) is 88.6 cm³/mol. The van der Waals surface area contributed by atoms with Gasteiger partial charge in [0.15, 0.2) is 11.5 Å². The molecule has 21 heavy (non-hydrogen) atoms. The first-order chi connectivity index (χ1) is 9.88. The van der Waals surface area contributed by atoms with E-state index in [9.17, 15) is 0 Å². The zero-order valence-electron chi connectivity index (χ0n) is 13.9. The monoisotopic (exact) mass is 314 g/mol. The number of nitrogens with zero attached hydrogens (tertiary/aromatic N) is 1. The fourth-order valence-electron chi connectivity index (χ4n) is 2.23. The average Bonchev–Trinajstić information content (AvgIpc) is 2.41. The third-order valence-corrected chi connectivity index (χ3v) is 3.71. The van der Waals surface area contributed by atoms with Crippen LogP contribution in [0.1, 0.15) is 19.4 Å². The summed E-state index contributed by atoms with van der Waals surface area (Å²) in [6, 6.07) is 4.31. The molecule has 0 aromatic heterocycles. The molecule has 0 bridgehead atoms. The number of nitrogens with one attached hydrogen (secondary N) is 1. The summed E-state index contributed by atoms with van der Waals surface area (Å²) in [5, 5.41) is 4.16. The van der Waals surface area contributed by atoms with Crippen molar-refractivity contribution in [1.82, 2.24) is 10.2 Å². The maximum Gasteiger partial charge on any atom is 0.179 e. The van der Waals surface area contributed by atoms with Gasteiger partial charge in [-0.1, -0.05) is 25.4 Å². The van der Waals surface area contributed by atoms with Gasteiger partial charge in [-0.15, -0.1) is 0 Å². The maximum atomic E-state index is 6.23. The highest BCUT2D eigenvalue weighted by molar-refractivity contribution is 6.32. The van der Waals surface area contributed by atoms with Gasteiger partial charge in [-0.2, -0.15) is 0 Å². The summed E-state index contributed by atoms with van der Waals surface area (Å²) in [4.78, 5) is 2.19. The number of halogens is 1. The van der Waals surface area contributed by atoms with E-state index in [2.05, 4.69) is 38.2 Å². The van der Waals surface area contributed by atoms with E-state index in [1.165, 1.54) is 0 Å². The highest BCUT2D eigenvalue weighted by atomic mass is 35.5. The molecule has 0 fully saturated rings. The van der Waals surface area contributed by atoms with Crippen molar-refractivity contribution in [1.29, 1.82) is 0 Å². The van der Waals surface area contributed by atoms with Crippen molar-refractivity contribution < 1.29 is 9.47 Å². The Morgan fingerprint density at radius 3 is 2.33 bits per heavy atom. The molecule has 1 aromatic carbocycles. The Balaban J connectivity index is 2.80. The Labute approximate surface area is 133 Å². The van der Waals surface area contributed by atoms with Crippen molar-refractivity contribution in [2.24, 2.45) is 5.92 Å². The van der Waals surface area contributed by atoms with Gasteiger partial charge in [-0.05, 0) is 37.7 Å². The minimum Gasteiger partial charge on any atom is -0.493 e. The molecule has 1 atom stereocenters. The Kier molecular flexibility index (Phi) is 7.29. The van der Waals surface area contributed by atoms with Gasteiger partial charge in [0.25, 0.3) is 0 Å². The van der Waals surface area contributed by atoms with Gasteiger partial charge in [0.1, 0.15) is 0 Å². The highest BCUT2D eigenvalue weighted by Gasteiger charge is 2.15. The number of rotatable bonds is 8. The third-order valence-electron chi connectivity index (χ3n) is 3.43. The van der Waals surface area contributed by atoms with E-state index in [1.807, 2.05) is 12.1 Å². The predicted octanol–water partition coefficient (Wildman–Crippen LogP) is 3.03. The van der Waals surface area contributed by atoms with Crippen LogP contribution in [0.2, 0.25) is 5.02 Å². The molecule has 1 N–H and O–H groups in total. The molecule has 0 aliphatic carbocycles. The van der Waals surface area contributed by atoms with Gasteiger partial charge in [0, 0.05) is 19.1 Å². The zero-order valence-corrected chi connectivity index (χ0v) is 14.6. The van der Waals surface area contributed by atoms with Gasteiger partial charge in [0.05, 0.1) is 19.2 Å². The van der Waals surface area contributed by atoms with Crippen LogP contribution in [-0.2, 0) is 6.54 Å². The van der Waals surface area contributed by atoms with Crippen LogP contribution in [-0.4, -0.2) is 45.8 Å². The minimum absolute atomic E-state index is 0.423. The van der Waals surface area contributed by atoms with Gasteiger partial charge in [-0.25, -0.2) is 0 Å². The molecule has 0 spiro atoms. The molecule has 0 aliphatic heterocycles. The first-order valence-electron chi connectivity index (χ1n) is 7.17. The molecule has 0 aliphatic rings. The molecule has 0 heterocycles. The lowest BCUT2D eigenvalue weighted by atomic mass is 10.0. The van der Waals surface area contributed by atoms with Crippen molar-refractivity contribution in [3.63, 3.8) is 0 Å². The fourth-order valence-corrected chi connectivity index (χ4v) is 2.54. The normalized spacial score (nSPS) is 12.8. The molecular weight excluding hydrogens is 288 g/mol. The Bertz CT molecular complexity index is 450. The van der Waals surface area contributed by atoms with Crippen LogP contribution in [0.25, 0.3) is 0 Å². The van der Waals surface area contributed by atoms with Crippen LogP contribution in [0.5, 0.6) is 11.5 Å². The molecule has 0 saturated heterocycles. The van der Waals surface area contributed by atoms with E-state index < -0.39 is 0 Å². The van der Waals surface area contributed by atoms with E-state index in [-0.39, 0.29) is 0 Å². The largest absolute Gasteiger partial charge is 0.493 e. The smallest absolute Gasteiger partial charge is 0.179 e. The quantitative estimate of drug-likeness (QED) is 0.799. The lowest BCUT2D eigenvalue weighted by Gasteiger charge is -2.26. The number of hydrogen-bond acceptors (Lipinski definition) is 4. The van der Waals surface area contributed by atoms with Crippen molar-refractivity contribution in [2.75, 3.05) is 34.9 Å².